The Morgan fingerprint density at radius 2 is 1.67 bits per heavy atom. The van der Waals surface area contributed by atoms with E-state index in [1.807, 2.05) is 4.58 Å². The second-order valence-corrected chi connectivity index (χ2v) is 6.53. The molecule has 0 spiro atoms. The van der Waals surface area contributed by atoms with Crippen LogP contribution in [-0.4, -0.2) is 11.3 Å². The molecule has 1 nitrogen and oxygen atoms in total. The van der Waals surface area contributed by atoms with Gasteiger partial charge in [-0.1, -0.05) is 79.4 Å². The van der Waals surface area contributed by atoms with Gasteiger partial charge >= 0.3 is 0 Å². The van der Waals surface area contributed by atoms with Crippen molar-refractivity contribution < 1.29 is 4.58 Å². The predicted octanol–water partition coefficient (Wildman–Crippen LogP) is 4.26. The SMILES string of the molecule is C=[N+]1C=Cc2cccc3c2[C-]1c1c(C)cccc1C3(C)C. The molecule has 0 saturated carbocycles. The molecule has 0 N–H and O–H groups in total. The van der Waals surface area contributed by atoms with Crippen LogP contribution in [0.2, 0.25) is 0 Å². The Bertz CT molecular complexity index is 809. The van der Waals surface area contributed by atoms with Gasteiger partial charge in [-0.2, -0.15) is 0 Å². The molecular formula is C20H19N. The largest absolute Gasteiger partial charge is 0.243 e. The fourth-order valence-corrected chi connectivity index (χ4v) is 3.80. The van der Waals surface area contributed by atoms with Crippen LogP contribution in [0.4, 0.5) is 0 Å². The van der Waals surface area contributed by atoms with Gasteiger partial charge in [0.25, 0.3) is 0 Å². The van der Waals surface area contributed by atoms with E-state index in [4.69, 9.17) is 0 Å². The summed E-state index contributed by atoms with van der Waals surface area (Å²) < 4.78 is 2.02. The van der Waals surface area contributed by atoms with Crippen molar-refractivity contribution in [3.63, 3.8) is 0 Å². The van der Waals surface area contributed by atoms with Crippen LogP contribution in [0.1, 0.15) is 47.2 Å². The van der Waals surface area contributed by atoms with E-state index >= 15 is 0 Å². The van der Waals surface area contributed by atoms with Crippen LogP contribution in [0.5, 0.6) is 0 Å². The molecule has 0 atom stereocenters. The van der Waals surface area contributed by atoms with Gasteiger partial charge in [0.2, 0.25) is 0 Å². The van der Waals surface area contributed by atoms with Crippen molar-refractivity contribution in [2.75, 3.05) is 0 Å². The zero-order valence-electron chi connectivity index (χ0n) is 12.8. The number of hydrogen-bond donors (Lipinski definition) is 0. The van der Waals surface area contributed by atoms with Crippen LogP contribution in [-0.2, 0) is 5.41 Å². The Labute approximate surface area is 126 Å². The van der Waals surface area contributed by atoms with Crippen molar-refractivity contribution >= 4 is 12.8 Å². The molecule has 4 rings (SSSR count). The summed E-state index contributed by atoms with van der Waals surface area (Å²) in [5.74, 6) is 0. The van der Waals surface area contributed by atoms with Gasteiger partial charge < -0.3 is 0 Å². The average Bonchev–Trinajstić information content (AvgIpc) is 2.46. The smallest absolute Gasteiger partial charge is 0.160 e. The monoisotopic (exact) mass is 273 g/mol. The molecule has 21 heavy (non-hydrogen) atoms. The van der Waals surface area contributed by atoms with Crippen LogP contribution in [0, 0.1) is 13.0 Å². The van der Waals surface area contributed by atoms with E-state index in [1.54, 1.807) is 0 Å². The summed E-state index contributed by atoms with van der Waals surface area (Å²) >= 11 is 0. The molecule has 0 fully saturated rings. The zero-order chi connectivity index (χ0) is 14.8. The van der Waals surface area contributed by atoms with Crippen molar-refractivity contribution in [3.8, 4) is 0 Å². The highest BCUT2D eigenvalue weighted by molar-refractivity contribution is 5.72. The Kier molecular flexibility index (Phi) is 2.30. The van der Waals surface area contributed by atoms with Crippen molar-refractivity contribution in [1.82, 2.24) is 0 Å². The first-order valence-corrected chi connectivity index (χ1v) is 7.41. The number of aryl methyl sites for hydroxylation is 1. The fraction of sp³-hybridized carbons (Fsp3) is 0.200. The lowest BCUT2D eigenvalue weighted by atomic mass is 9.65. The molecule has 2 aliphatic rings. The second kappa shape index (κ2) is 3.88. The predicted molar refractivity (Wildman–Crippen MR) is 87.6 cm³/mol. The summed E-state index contributed by atoms with van der Waals surface area (Å²) in [6.45, 7) is 11.1. The molecule has 2 aromatic rings. The van der Waals surface area contributed by atoms with Crippen molar-refractivity contribution in [1.29, 1.82) is 0 Å². The highest BCUT2D eigenvalue weighted by Crippen LogP contribution is 2.49. The number of rotatable bonds is 0. The molecule has 2 aromatic carbocycles. The Morgan fingerprint density at radius 1 is 1.00 bits per heavy atom. The van der Waals surface area contributed by atoms with Gasteiger partial charge in [0.1, 0.15) is 6.20 Å². The highest BCUT2D eigenvalue weighted by Gasteiger charge is 2.39. The van der Waals surface area contributed by atoms with E-state index in [-0.39, 0.29) is 5.41 Å². The van der Waals surface area contributed by atoms with E-state index in [0.29, 0.717) is 0 Å². The van der Waals surface area contributed by atoms with Gasteiger partial charge in [0.05, 0.1) is 6.72 Å². The number of nitrogens with zero attached hydrogens (tertiary/aromatic N) is 1. The molecule has 1 aliphatic carbocycles. The minimum atomic E-state index is 0.0161. The maximum atomic E-state index is 4.22. The van der Waals surface area contributed by atoms with Gasteiger partial charge in [-0.25, -0.2) is 4.58 Å². The summed E-state index contributed by atoms with van der Waals surface area (Å²) in [6.07, 6.45) is 4.23. The molecule has 0 aromatic heterocycles. The summed E-state index contributed by atoms with van der Waals surface area (Å²) in [4.78, 5) is 0. The molecule has 0 bridgehead atoms. The number of benzene rings is 2. The van der Waals surface area contributed by atoms with Gasteiger partial charge in [0, 0.05) is 0 Å². The van der Waals surface area contributed by atoms with Gasteiger partial charge in [-0.15, -0.1) is 0 Å². The van der Waals surface area contributed by atoms with Crippen LogP contribution in [0.25, 0.3) is 6.08 Å². The molecule has 0 amide bonds. The first-order valence-electron chi connectivity index (χ1n) is 7.41. The lowest BCUT2D eigenvalue weighted by molar-refractivity contribution is -0.418. The molecule has 0 radical (unpaired) electrons. The minimum absolute atomic E-state index is 0.0161. The average molecular weight is 273 g/mol. The molecule has 0 unspecified atom stereocenters. The van der Waals surface area contributed by atoms with Crippen LogP contribution < -0.4 is 0 Å². The third-order valence-corrected chi connectivity index (χ3v) is 4.91. The molecule has 1 aliphatic heterocycles. The maximum Gasteiger partial charge on any atom is 0.160 e. The second-order valence-electron chi connectivity index (χ2n) is 6.53. The quantitative estimate of drug-likeness (QED) is 0.498. The molecule has 104 valence electrons. The third kappa shape index (κ3) is 1.46. The Balaban J connectivity index is 2.17. The first-order chi connectivity index (χ1) is 10.0. The lowest BCUT2D eigenvalue weighted by Crippen LogP contribution is -2.35. The van der Waals surface area contributed by atoms with Crippen LogP contribution in [0.15, 0.2) is 42.6 Å². The fourth-order valence-electron chi connectivity index (χ4n) is 3.80. The summed E-state index contributed by atoms with van der Waals surface area (Å²) in [5.41, 5.74) is 8.12. The normalized spacial score (nSPS) is 17.5. The Hall–Kier alpha value is -2.28. The van der Waals surface area contributed by atoms with Crippen molar-refractivity contribution in [3.05, 3.63) is 82.0 Å². The maximum absolute atomic E-state index is 4.22. The van der Waals surface area contributed by atoms with E-state index in [0.717, 1.165) is 0 Å². The first kappa shape index (κ1) is 12.5. The highest BCUT2D eigenvalue weighted by atomic mass is 15.0. The Morgan fingerprint density at radius 3 is 2.43 bits per heavy atom. The van der Waals surface area contributed by atoms with E-state index in [1.165, 1.54) is 39.4 Å². The van der Waals surface area contributed by atoms with Gasteiger partial charge in [-0.3, -0.25) is 0 Å². The summed E-state index contributed by atoms with van der Waals surface area (Å²) in [6, 6.07) is 14.5. The van der Waals surface area contributed by atoms with E-state index < -0.39 is 0 Å². The topological polar surface area (TPSA) is 3.01 Å². The minimum Gasteiger partial charge on any atom is -0.243 e. The third-order valence-electron chi connectivity index (χ3n) is 4.91. The molecule has 1 heterocycles. The summed E-state index contributed by atoms with van der Waals surface area (Å²) in [7, 11) is 0. The number of fused-ring (bicyclic) bond motifs is 2. The van der Waals surface area contributed by atoms with Crippen LogP contribution in [0.3, 0.4) is 0 Å². The zero-order valence-corrected chi connectivity index (χ0v) is 12.8. The van der Waals surface area contributed by atoms with E-state index in [2.05, 4.69) is 76.2 Å². The van der Waals surface area contributed by atoms with Crippen LogP contribution >= 0.6 is 0 Å². The van der Waals surface area contributed by atoms with Crippen molar-refractivity contribution in [2.24, 2.45) is 0 Å². The van der Waals surface area contributed by atoms with Gasteiger partial charge in [0.15, 0.2) is 6.04 Å². The molecule has 1 heteroatoms. The molecular weight excluding hydrogens is 254 g/mol. The standard InChI is InChI=1S/C20H19N/c1-13-7-5-9-15-17(13)19-18-14(11-12-21(19)4)8-6-10-16(18)20(15,2)3/h5-12H,4H2,1-3H3. The van der Waals surface area contributed by atoms with E-state index in [9.17, 15) is 0 Å². The number of hydrogen-bond acceptors (Lipinski definition) is 0. The van der Waals surface area contributed by atoms with Crippen molar-refractivity contribution in [2.45, 2.75) is 26.2 Å². The van der Waals surface area contributed by atoms with Gasteiger partial charge in [-0.05, 0) is 22.6 Å². The molecule has 0 saturated heterocycles. The summed E-state index contributed by atoms with van der Waals surface area (Å²) in [5, 5.41) is 0. The lowest BCUT2D eigenvalue weighted by Gasteiger charge is -2.43.